The minimum absolute atomic E-state index is 0.0628. The molecule has 5 nitrogen and oxygen atoms in total. The predicted octanol–water partition coefficient (Wildman–Crippen LogP) is 1.73. The first kappa shape index (κ1) is 18.7. The number of carbonyl (C=O) groups is 2. The van der Waals surface area contributed by atoms with Crippen LogP contribution in [0.5, 0.6) is 0 Å². The molecule has 5 heteroatoms. The summed E-state index contributed by atoms with van der Waals surface area (Å²) in [7, 11) is 0. The van der Waals surface area contributed by atoms with Gasteiger partial charge in [0.05, 0.1) is 0 Å². The highest BCUT2D eigenvalue weighted by atomic mass is 16.2. The van der Waals surface area contributed by atoms with Crippen molar-refractivity contribution in [1.82, 2.24) is 10.6 Å². The predicted molar refractivity (Wildman–Crippen MR) is 89.1 cm³/mol. The fraction of sp³-hybridized carbons (Fsp3) is 0.765. The van der Waals surface area contributed by atoms with E-state index in [1.807, 2.05) is 26.8 Å². The highest BCUT2D eigenvalue weighted by molar-refractivity contribution is 5.92. The molecule has 0 bridgehead atoms. The Morgan fingerprint density at radius 2 is 2.05 bits per heavy atom. The molecule has 22 heavy (non-hydrogen) atoms. The van der Waals surface area contributed by atoms with E-state index < -0.39 is 5.54 Å². The molecule has 0 radical (unpaired) electrons. The third-order valence-electron chi connectivity index (χ3n) is 4.24. The molecule has 3 atom stereocenters. The Morgan fingerprint density at radius 1 is 1.41 bits per heavy atom. The zero-order valence-corrected chi connectivity index (χ0v) is 14.4. The molecule has 0 aromatic carbocycles. The van der Waals surface area contributed by atoms with Gasteiger partial charge < -0.3 is 16.4 Å². The van der Waals surface area contributed by atoms with E-state index in [1.54, 1.807) is 0 Å². The second-order valence-electron chi connectivity index (χ2n) is 7.46. The molecular formula is C17H31N3O2. The minimum atomic E-state index is -0.854. The summed E-state index contributed by atoms with van der Waals surface area (Å²) >= 11 is 0. The Labute approximate surface area is 134 Å². The smallest absolute Gasteiger partial charge is 0.246 e. The van der Waals surface area contributed by atoms with Gasteiger partial charge in [-0.05, 0) is 64.8 Å². The van der Waals surface area contributed by atoms with Crippen molar-refractivity contribution in [1.29, 1.82) is 0 Å². The second kappa shape index (κ2) is 7.27. The van der Waals surface area contributed by atoms with Gasteiger partial charge in [-0.3, -0.25) is 9.59 Å². The topological polar surface area (TPSA) is 84.2 Å². The van der Waals surface area contributed by atoms with Crippen LogP contribution in [0.2, 0.25) is 0 Å². The van der Waals surface area contributed by atoms with Gasteiger partial charge in [0.25, 0.3) is 0 Å². The zero-order valence-electron chi connectivity index (χ0n) is 14.4. The molecule has 0 aromatic heterocycles. The van der Waals surface area contributed by atoms with Crippen molar-refractivity contribution < 1.29 is 9.59 Å². The molecule has 0 saturated heterocycles. The number of nitrogens with one attached hydrogen (secondary N) is 2. The summed E-state index contributed by atoms with van der Waals surface area (Å²) in [5.41, 5.74) is 4.49. The Bertz CT molecular complexity index is 428. The van der Waals surface area contributed by atoms with Gasteiger partial charge >= 0.3 is 0 Å². The van der Waals surface area contributed by atoms with Crippen LogP contribution < -0.4 is 16.4 Å². The summed E-state index contributed by atoms with van der Waals surface area (Å²) in [6.07, 6.45) is 4.94. The SMILES string of the molecule is C=CCC1C[C@H](CCN)C[C@@]1(NC(C)=O)C(=O)NC(C)(C)C. The fourth-order valence-electron chi connectivity index (χ4n) is 3.52. The molecule has 1 saturated carbocycles. The summed E-state index contributed by atoms with van der Waals surface area (Å²) in [6.45, 7) is 11.7. The molecule has 1 fully saturated rings. The lowest BCUT2D eigenvalue weighted by molar-refractivity contribution is -0.135. The number of hydrogen-bond acceptors (Lipinski definition) is 3. The molecule has 0 aliphatic heterocycles. The van der Waals surface area contributed by atoms with Gasteiger partial charge in [-0.25, -0.2) is 0 Å². The van der Waals surface area contributed by atoms with Crippen molar-refractivity contribution in [2.75, 3.05) is 6.54 Å². The molecule has 2 amide bonds. The molecule has 0 heterocycles. The maximum absolute atomic E-state index is 13.0. The number of hydrogen-bond donors (Lipinski definition) is 3. The van der Waals surface area contributed by atoms with E-state index in [0.717, 1.165) is 12.8 Å². The van der Waals surface area contributed by atoms with Crippen molar-refractivity contribution in [3.8, 4) is 0 Å². The Kier molecular flexibility index (Phi) is 6.17. The third-order valence-corrected chi connectivity index (χ3v) is 4.24. The first-order valence-corrected chi connectivity index (χ1v) is 8.07. The van der Waals surface area contributed by atoms with Gasteiger partial charge in [-0.2, -0.15) is 0 Å². The van der Waals surface area contributed by atoms with Crippen LogP contribution in [0.4, 0.5) is 0 Å². The molecule has 0 spiro atoms. The van der Waals surface area contributed by atoms with E-state index >= 15 is 0 Å². The molecule has 0 aromatic rings. The third kappa shape index (κ3) is 4.57. The van der Waals surface area contributed by atoms with Gasteiger partial charge in [-0.1, -0.05) is 6.08 Å². The number of nitrogens with two attached hydrogens (primary N) is 1. The highest BCUT2D eigenvalue weighted by Crippen LogP contribution is 2.43. The van der Waals surface area contributed by atoms with Crippen molar-refractivity contribution >= 4 is 11.8 Å². The average Bonchev–Trinajstić information content (AvgIpc) is 2.66. The van der Waals surface area contributed by atoms with Crippen molar-refractivity contribution in [2.45, 2.75) is 64.5 Å². The maximum Gasteiger partial charge on any atom is 0.246 e. The van der Waals surface area contributed by atoms with Crippen LogP contribution in [-0.2, 0) is 9.59 Å². The van der Waals surface area contributed by atoms with E-state index in [4.69, 9.17) is 5.73 Å². The molecule has 4 N–H and O–H groups in total. The first-order valence-electron chi connectivity index (χ1n) is 8.07. The zero-order chi connectivity index (χ0) is 17.0. The Balaban J connectivity index is 3.13. The lowest BCUT2D eigenvalue weighted by atomic mass is 9.82. The van der Waals surface area contributed by atoms with Crippen LogP contribution in [0.1, 0.15) is 53.4 Å². The van der Waals surface area contributed by atoms with Gasteiger partial charge in [-0.15, -0.1) is 6.58 Å². The van der Waals surface area contributed by atoms with E-state index in [-0.39, 0.29) is 23.3 Å². The van der Waals surface area contributed by atoms with Gasteiger partial charge in [0.2, 0.25) is 11.8 Å². The summed E-state index contributed by atoms with van der Waals surface area (Å²) < 4.78 is 0. The normalized spacial score (nSPS) is 28.2. The number of allylic oxidation sites excluding steroid dienone is 1. The monoisotopic (exact) mass is 309 g/mol. The maximum atomic E-state index is 13.0. The minimum Gasteiger partial charge on any atom is -0.349 e. The fourth-order valence-corrected chi connectivity index (χ4v) is 3.52. The van der Waals surface area contributed by atoms with Gasteiger partial charge in [0.1, 0.15) is 5.54 Å². The van der Waals surface area contributed by atoms with E-state index in [1.165, 1.54) is 6.92 Å². The largest absolute Gasteiger partial charge is 0.349 e. The summed E-state index contributed by atoms with van der Waals surface area (Å²) in [4.78, 5) is 24.7. The summed E-state index contributed by atoms with van der Waals surface area (Å²) in [5, 5.41) is 6.00. The molecule has 1 aliphatic rings. The Hall–Kier alpha value is -1.36. The quantitative estimate of drug-likeness (QED) is 0.653. The van der Waals surface area contributed by atoms with Crippen molar-refractivity contribution in [3.63, 3.8) is 0 Å². The Morgan fingerprint density at radius 3 is 2.50 bits per heavy atom. The van der Waals surface area contributed by atoms with Gasteiger partial charge in [0.15, 0.2) is 0 Å². The summed E-state index contributed by atoms with van der Waals surface area (Å²) in [6, 6.07) is 0. The highest BCUT2D eigenvalue weighted by Gasteiger charge is 2.52. The molecular weight excluding hydrogens is 278 g/mol. The van der Waals surface area contributed by atoms with E-state index in [2.05, 4.69) is 17.2 Å². The standard InChI is InChI=1S/C17H31N3O2/c1-6-7-14-10-13(8-9-18)11-17(14,19-12(2)21)15(22)20-16(3,4)5/h6,13-14H,1,7-11,18H2,2-5H3,(H,19,21)(H,20,22)/t13-,14?,17-/m0/s1. The molecule has 1 unspecified atom stereocenters. The number of rotatable bonds is 6. The molecule has 126 valence electrons. The van der Waals surface area contributed by atoms with Crippen LogP contribution in [0.25, 0.3) is 0 Å². The summed E-state index contributed by atoms with van der Waals surface area (Å²) in [5.74, 6) is 0.147. The van der Waals surface area contributed by atoms with Crippen LogP contribution in [0, 0.1) is 11.8 Å². The van der Waals surface area contributed by atoms with Gasteiger partial charge in [0, 0.05) is 12.5 Å². The van der Waals surface area contributed by atoms with Crippen LogP contribution in [0.15, 0.2) is 12.7 Å². The number of carbonyl (C=O) groups excluding carboxylic acids is 2. The lowest BCUT2D eigenvalue weighted by Crippen LogP contribution is -2.63. The van der Waals surface area contributed by atoms with Crippen LogP contribution in [0.3, 0.4) is 0 Å². The van der Waals surface area contributed by atoms with E-state index in [9.17, 15) is 9.59 Å². The van der Waals surface area contributed by atoms with Crippen LogP contribution >= 0.6 is 0 Å². The lowest BCUT2D eigenvalue weighted by Gasteiger charge is -2.37. The second-order valence-corrected chi connectivity index (χ2v) is 7.46. The first-order chi connectivity index (χ1) is 10.1. The van der Waals surface area contributed by atoms with Crippen molar-refractivity contribution in [2.24, 2.45) is 17.6 Å². The van der Waals surface area contributed by atoms with E-state index in [0.29, 0.717) is 25.3 Å². The molecule has 1 rings (SSSR count). The van der Waals surface area contributed by atoms with Crippen LogP contribution in [-0.4, -0.2) is 29.4 Å². The average molecular weight is 309 g/mol. The number of amides is 2. The molecule has 1 aliphatic carbocycles. The van der Waals surface area contributed by atoms with Crippen molar-refractivity contribution in [3.05, 3.63) is 12.7 Å².